The van der Waals surface area contributed by atoms with Crippen molar-refractivity contribution < 1.29 is 17.5 Å². The molecular formula is C16H17NO5S. The van der Waals surface area contributed by atoms with E-state index in [4.69, 9.17) is 4.18 Å². The van der Waals surface area contributed by atoms with Crippen LogP contribution >= 0.6 is 0 Å². The fourth-order valence-corrected chi connectivity index (χ4v) is 2.91. The largest absolute Gasteiger partial charge is 0.372 e. The van der Waals surface area contributed by atoms with E-state index in [-0.39, 0.29) is 21.7 Å². The van der Waals surface area contributed by atoms with Gasteiger partial charge in [0.1, 0.15) is 4.90 Å². The quantitative estimate of drug-likeness (QED) is 0.483. The van der Waals surface area contributed by atoms with Gasteiger partial charge in [-0.2, -0.15) is 8.42 Å². The van der Waals surface area contributed by atoms with Crippen molar-refractivity contribution in [2.45, 2.75) is 31.1 Å². The summed E-state index contributed by atoms with van der Waals surface area (Å²) in [7, 11) is -4.12. The zero-order valence-electron chi connectivity index (χ0n) is 13.0. The van der Waals surface area contributed by atoms with E-state index in [0.29, 0.717) is 5.56 Å². The monoisotopic (exact) mass is 335 g/mol. The lowest BCUT2D eigenvalue weighted by atomic mass is 9.87. The van der Waals surface area contributed by atoms with Gasteiger partial charge in [0.05, 0.1) is 4.92 Å². The van der Waals surface area contributed by atoms with Gasteiger partial charge in [0.25, 0.3) is 0 Å². The lowest BCUT2D eigenvalue weighted by molar-refractivity contribution is -0.385. The summed E-state index contributed by atoms with van der Waals surface area (Å²) in [6.45, 7) is 5.73. The van der Waals surface area contributed by atoms with Crippen molar-refractivity contribution in [2.75, 3.05) is 0 Å². The molecule has 0 amide bonds. The molecule has 0 aliphatic heterocycles. The highest BCUT2D eigenvalue weighted by Crippen LogP contribution is 2.34. The van der Waals surface area contributed by atoms with E-state index < -0.39 is 15.0 Å². The van der Waals surface area contributed by atoms with Gasteiger partial charge in [0.2, 0.25) is 5.75 Å². The topological polar surface area (TPSA) is 86.5 Å². The molecule has 0 radical (unpaired) electrons. The second-order valence-electron chi connectivity index (χ2n) is 6.04. The number of hydrogen-bond donors (Lipinski definition) is 0. The summed E-state index contributed by atoms with van der Waals surface area (Å²) in [5, 5.41) is 11.3. The average Bonchev–Trinajstić information content (AvgIpc) is 2.46. The summed E-state index contributed by atoms with van der Waals surface area (Å²) in [5.41, 5.74) is 0.0345. The van der Waals surface area contributed by atoms with Crippen LogP contribution in [0.25, 0.3) is 0 Å². The van der Waals surface area contributed by atoms with Gasteiger partial charge in [-0.15, -0.1) is 0 Å². The first kappa shape index (κ1) is 17.0. The minimum atomic E-state index is -4.12. The highest BCUT2D eigenvalue weighted by molar-refractivity contribution is 7.87. The number of rotatable bonds is 4. The third kappa shape index (κ3) is 3.87. The Morgan fingerprint density at radius 1 is 1.04 bits per heavy atom. The lowest BCUT2D eigenvalue weighted by Crippen LogP contribution is -2.13. The first-order chi connectivity index (χ1) is 10.6. The second kappa shape index (κ2) is 6.00. The summed E-state index contributed by atoms with van der Waals surface area (Å²) in [4.78, 5) is 10.5. The van der Waals surface area contributed by atoms with Gasteiger partial charge in [0, 0.05) is 6.07 Å². The van der Waals surface area contributed by atoms with Crippen molar-refractivity contribution in [3.05, 3.63) is 64.2 Å². The molecule has 0 unspecified atom stereocenters. The molecule has 2 rings (SSSR count). The van der Waals surface area contributed by atoms with Crippen LogP contribution in [0.3, 0.4) is 0 Å². The Labute approximate surface area is 135 Å². The molecule has 0 saturated carbocycles. The van der Waals surface area contributed by atoms with Crippen LogP contribution in [0.15, 0.2) is 53.4 Å². The number of nitro benzene ring substituents is 1. The molecule has 0 N–H and O–H groups in total. The van der Waals surface area contributed by atoms with Crippen molar-refractivity contribution in [3.63, 3.8) is 0 Å². The highest BCUT2D eigenvalue weighted by atomic mass is 32.2. The molecule has 0 bridgehead atoms. The first-order valence-corrected chi connectivity index (χ1v) is 8.30. The molecule has 2 aromatic rings. The Hall–Kier alpha value is -2.41. The van der Waals surface area contributed by atoms with Gasteiger partial charge in [-0.1, -0.05) is 45.0 Å². The van der Waals surface area contributed by atoms with Crippen molar-refractivity contribution in [1.82, 2.24) is 0 Å². The fourth-order valence-electron chi connectivity index (χ4n) is 1.95. The van der Waals surface area contributed by atoms with Crippen LogP contribution in [0.4, 0.5) is 5.69 Å². The lowest BCUT2D eigenvalue weighted by Gasteiger charge is -2.19. The van der Waals surface area contributed by atoms with Crippen molar-refractivity contribution in [3.8, 4) is 5.75 Å². The maximum atomic E-state index is 12.2. The normalized spacial score (nSPS) is 12.0. The summed E-state index contributed by atoms with van der Waals surface area (Å²) in [6, 6.07) is 11.8. The van der Waals surface area contributed by atoms with E-state index in [1.807, 2.05) is 20.8 Å². The van der Waals surface area contributed by atoms with Crippen LogP contribution in [0.2, 0.25) is 0 Å². The molecule has 0 aliphatic rings. The fraction of sp³-hybridized carbons (Fsp3) is 0.250. The molecule has 2 aromatic carbocycles. The van der Waals surface area contributed by atoms with Crippen LogP contribution in [0, 0.1) is 10.1 Å². The molecule has 6 nitrogen and oxygen atoms in total. The van der Waals surface area contributed by atoms with Gasteiger partial charge in [-0.3, -0.25) is 10.1 Å². The molecule has 23 heavy (non-hydrogen) atoms. The van der Waals surface area contributed by atoms with Crippen LogP contribution in [0.1, 0.15) is 26.3 Å². The number of benzene rings is 2. The Kier molecular flexibility index (Phi) is 4.42. The standard InChI is InChI=1S/C16H17NO5S/c1-16(2,3)12-9-10-15(14(11-12)17(18)19)22-23(20,21)13-7-5-4-6-8-13/h4-11H,1-3H3. The van der Waals surface area contributed by atoms with Crippen LogP contribution in [-0.4, -0.2) is 13.3 Å². The molecule has 0 aromatic heterocycles. The van der Waals surface area contributed by atoms with Gasteiger partial charge in [-0.25, -0.2) is 0 Å². The molecule has 0 saturated heterocycles. The molecule has 0 aliphatic carbocycles. The average molecular weight is 335 g/mol. The molecule has 122 valence electrons. The minimum absolute atomic E-state index is 0.0609. The van der Waals surface area contributed by atoms with E-state index >= 15 is 0 Å². The van der Waals surface area contributed by atoms with E-state index in [1.165, 1.54) is 24.3 Å². The third-order valence-electron chi connectivity index (χ3n) is 3.25. The predicted molar refractivity (Wildman–Crippen MR) is 86.1 cm³/mol. The van der Waals surface area contributed by atoms with Gasteiger partial charge in [0.15, 0.2) is 0 Å². The number of hydrogen-bond acceptors (Lipinski definition) is 5. The van der Waals surface area contributed by atoms with Crippen LogP contribution in [0.5, 0.6) is 5.75 Å². The van der Waals surface area contributed by atoms with Crippen molar-refractivity contribution >= 4 is 15.8 Å². The Morgan fingerprint density at radius 3 is 2.17 bits per heavy atom. The Morgan fingerprint density at radius 2 is 1.65 bits per heavy atom. The number of nitrogens with zero attached hydrogens (tertiary/aromatic N) is 1. The van der Waals surface area contributed by atoms with Gasteiger partial charge >= 0.3 is 15.8 Å². The molecule has 0 spiro atoms. The zero-order valence-corrected chi connectivity index (χ0v) is 13.8. The Bertz CT molecular complexity index is 823. The smallest absolute Gasteiger partial charge is 0.339 e. The summed E-state index contributed by atoms with van der Waals surface area (Å²) in [5.74, 6) is -0.299. The van der Waals surface area contributed by atoms with Crippen molar-refractivity contribution in [2.24, 2.45) is 0 Å². The molecule has 0 fully saturated rings. The molecule has 0 atom stereocenters. The second-order valence-corrected chi connectivity index (χ2v) is 7.59. The van der Waals surface area contributed by atoms with E-state index in [2.05, 4.69) is 0 Å². The Balaban J connectivity index is 2.46. The van der Waals surface area contributed by atoms with E-state index in [9.17, 15) is 18.5 Å². The molecule has 7 heteroatoms. The third-order valence-corrected chi connectivity index (χ3v) is 4.50. The minimum Gasteiger partial charge on any atom is -0.372 e. The predicted octanol–water partition coefficient (Wildman–Crippen LogP) is 3.66. The maximum absolute atomic E-state index is 12.2. The summed E-state index contributed by atoms with van der Waals surface area (Å²) in [6.07, 6.45) is 0. The van der Waals surface area contributed by atoms with Gasteiger partial charge < -0.3 is 4.18 Å². The molecular weight excluding hydrogens is 318 g/mol. The highest BCUT2D eigenvalue weighted by Gasteiger charge is 2.26. The maximum Gasteiger partial charge on any atom is 0.339 e. The van der Waals surface area contributed by atoms with E-state index in [1.54, 1.807) is 24.3 Å². The zero-order chi connectivity index (χ0) is 17.3. The summed E-state index contributed by atoms with van der Waals surface area (Å²) < 4.78 is 29.4. The van der Waals surface area contributed by atoms with E-state index in [0.717, 1.165) is 0 Å². The van der Waals surface area contributed by atoms with Crippen LogP contribution in [-0.2, 0) is 15.5 Å². The first-order valence-electron chi connectivity index (χ1n) is 6.90. The number of nitro groups is 1. The van der Waals surface area contributed by atoms with Crippen molar-refractivity contribution in [1.29, 1.82) is 0 Å². The SMILES string of the molecule is CC(C)(C)c1ccc(OS(=O)(=O)c2ccccc2)c([N+](=O)[O-])c1. The van der Waals surface area contributed by atoms with Crippen LogP contribution < -0.4 is 4.18 Å². The molecule has 0 heterocycles. The van der Waals surface area contributed by atoms with Gasteiger partial charge in [-0.05, 0) is 29.2 Å². The summed E-state index contributed by atoms with van der Waals surface area (Å²) >= 11 is 0.